The zero-order chi connectivity index (χ0) is 13.0. The predicted molar refractivity (Wildman–Crippen MR) is 56.6 cm³/mol. The number of nitrogens with one attached hydrogen (secondary N) is 1. The van der Waals surface area contributed by atoms with E-state index in [0.29, 0.717) is 11.6 Å². The van der Waals surface area contributed by atoms with Gasteiger partial charge in [-0.2, -0.15) is 9.97 Å². The van der Waals surface area contributed by atoms with Crippen molar-refractivity contribution in [2.45, 2.75) is 26.3 Å². The van der Waals surface area contributed by atoms with E-state index in [2.05, 4.69) is 20.3 Å². The number of carboxylic acids is 2. The molecule has 1 unspecified atom stereocenters. The molecule has 0 aliphatic heterocycles. The van der Waals surface area contributed by atoms with Crippen LogP contribution in [-0.2, 0) is 9.59 Å². The molecule has 0 aliphatic carbocycles. The van der Waals surface area contributed by atoms with Crippen molar-refractivity contribution in [3.05, 3.63) is 11.6 Å². The lowest BCUT2D eigenvalue weighted by Gasteiger charge is -2.12. The van der Waals surface area contributed by atoms with Crippen molar-refractivity contribution in [1.29, 1.82) is 0 Å². The largest absolute Gasteiger partial charge is 0.481 e. The molecule has 0 spiro atoms. The monoisotopic (exact) mass is 240 g/mol. The number of hydrogen-bond acceptors (Lipinski definition) is 6. The summed E-state index contributed by atoms with van der Waals surface area (Å²) in [5.41, 5.74) is 0. The van der Waals surface area contributed by atoms with E-state index >= 15 is 0 Å². The Kier molecular flexibility index (Phi) is 3.91. The number of nitrogens with zero attached hydrogens (tertiary/aromatic N) is 3. The summed E-state index contributed by atoms with van der Waals surface area (Å²) >= 11 is 0. The van der Waals surface area contributed by atoms with Gasteiger partial charge in [-0.15, -0.1) is 0 Å². The summed E-state index contributed by atoms with van der Waals surface area (Å²) in [5, 5.41) is 19.8. The molecule has 0 amide bonds. The van der Waals surface area contributed by atoms with Gasteiger partial charge in [0, 0.05) is 0 Å². The molecule has 1 aromatic rings. The Balaban J connectivity index is 2.85. The molecule has 0 fully saturated rings. The fourth-order valence-corrected chi connectivity index (χ4v) is 1.21. The highest BCUT2D eigenvalue weighted by Gasteiger charge is 2.21. The molecule has 8 heteroatoms. The first-order chi connectivity index (χ1) is 7.88. The molecule has 0 saturated carbocycles. The second-order valence-electron chi connectivity index (χ2n) is 3.39. The maximum Gasteiger partial charge on any atom is 0.326 e. The van der Waals surface area contributed by atoms with Gasteiger partial charge in [0.15, 0.2) is 0 Å². The van der Waals surface area contributed by atoms with Gasteiger partial charge in [0.1, 0.15) is 17.7 Å². The van der Waals surface area contributed by atoms with E-state index in [4.69, 9.17) is 10.2 Å². The van der Waals surface area contributed by atoms with Crippen LogP contribution in [-0.4, -0.2) is 43.1 Å². The third-order valence-electron chi connectivity index (χ3n) is 1.84. The van der Waals surface area contributed by atoms with Gasteiger partial charge in [0.2, 0.25) is 5.95 Å². The average Bonchev–Trinajstić information content (AvgIpc) is 2.13. The van der Waals surface area contributed by atoms with Crippen molar-refractivity contribution in [3.8, 4) is 0 Å². The molecule has 92 valence electrons. The molecule has 0 bridgehead atoms. The fraction of sp³-hybridized carbons (Fsp3) is 0.444. The van der Waals surface area contributed by atoms with Crippen LogP contribution in [0, 0.1) is 13.8 Å². The number of aromatic nitrogens is 3. The fourth-order valence-electron chi connectivity index (χ4n) is 1.21. The number of anilines is 1. The third-order valence-corrected chi connectivity index (χ3v) is 1.84. The van der Waals surface area contributed by atoms with Crippen molar-refractivity contribution in [2.24, 2.45) is 0 Å². The van der Waals surface area contributed by atoms with Gasteiger partial charge in [-0.1, -0.05) is 0 Å². The Labute approximate surface area is 96.7 Å². The van der Waals surface area contributed by atoms with E-state index in [-0.39, 0.29) is 5.95 Å². The summed E-state index contributed by atoms with van der Waals surface area (Å²) in [6.45, 7) is 3.26. The minimum absolute atomic E-state index is 0.0589. The molecule has 8 nitrogen and oxygen atoms in total. The number of carboxylic acid groups (broad SMARTS) is 2. The van der Waals surface area contributed by atoms with Gasteiger partial charge >= 0.3 is 11.9 Å². The third kappa shape index (κ3) is 4.01. The lowest BCUT2D eigenvalue weighted by Crippen LogP contribution is -2.32. The van der Waals surface area contributed by atoms with Gasteiger partial charge < -0.3 is 15.5 Å². The maximum atomic E-state index is 10.8. The predicted octanol–water partition coefficient (Wildman–Crippen LogP) is -0.172. The minimum Gasteiger partial charge on any atom is -0.481 e. The average molecular weight is 240 g/mol. The summed E-state index contributed by atoms with van der Waals surface area (Å²) < 4.78 is 0. The van der Waals surface area contributed by atoms with E-state index in [1.165, 1.54) is 0 Å². The second-order valence-corrected chi connectivity index (χ2v) is 3.39. The highest BCUT2D eigenvalue weighted by atomic mass is 16.4. The van der Waals surface area contributed by atoms with Crippen molar-refractivity contribution < 1.29 is 19.8 Å². The van der Waals surface area contributed by atoms with Crippen LogP contribution in [0.4, 0.5) is 5.95 Å². The molecule has 1 rings (SSSR count). The van der Waals surface area contributed by atoms with Crippen LogP contribution >= 0.6 is 0 Å². The van der Waals surface area contributed by atoms with Gasteiger partial charge in [0.05, 0.1) is 6.42 Å². The number of hydrogen-bond donors (Lipinski definition) is 3. The number of rotatable bonds is 5. The van der Waals surface area contributed by atoms with E-state index in [9.17, 15) is 9.59 Å². The lowest BCUT2D eigenvalue weighted by atomic mass is 10.2. The zero-order valence-corrected chi connectivity index (χ0v) is 9.34. The topological polar surface area (TPSA) is 125 Å². The highest BCUT2D eigenvalue weighted by molar-refractivity contribution is 5.82. The molecule has 1 heterocycles. The lowest BCUT2D eigenvalue weighted by molar-refractivity contribution is -0.144. The van der Waals surface area contributed by atoms with Crippen LogP contribution in [0.1, 0.15) is 18.1 Å². The molecule has 1 atom stereocenters. The van der Waals surface area contributed by atoms with E-state index in [1.54, 1.807) is 13.8 Å². The summed E-state index contributed by atoms with van der Waals surface area (Å²) in [6, 6.07) is -1.27. The Hall–Kier alpha value is -2.25. The summed E-state index contributed by atoms with van der Waals surface area (Å²) in [5.74, 6) is -1.57. The molecule has 0 radical (unpaired) electrons. The van der Waals surface area contributed by atoms with Crippen LogP contribution < -0.4 is 5.32 Å². The van der Waals surface area contributed by atoms with Crippen LogP contribution in [0.2, 0.25) is 0 Å². The molecule has 0 saturated heterocycles. The minimum atomic E-state index is -1.27. The maximum absolute atomic E-state index is 10.8. The van der Waals surface area contributed by atoms with E-state index in [0.717, 1.165) is 0 Å². The van der Waals surface area contributed by atoms with Crippen molar-refractivity contribution in [1.82, 2.24) is 15.0 Å². The number of aryl methyl sites for hydroxylation is 2. The number of aliphatic carboxylic acids is 2. The Morgan fingerprint density at radius 3 is 2.12 bits per heavy atom. The molecule has 17 heavy (non-hydrogen) atoms. The van der Waals surface area contributed by atoms with Crippen LogP contribution in [0.15, 0.2) is 0 Å². The Morgan fingerprint density at radius 1 is 1.18 bits per heavy atom. The second kappa shape index (κ2) is 5.19. The van der Waals surface area contributed by atoms with Gasteiger partial charge in [-0.05, 0) is 13.8 Å². The van der Waals surface area contributed by atoms with Gasteiger partial charge in [0.25, 0.3) is 0 Å². The quantitative estimate of drug-likeness (QED) is 0.647. The Morgan fingerprint density at radius 2 is 1.71 bits per heavy atom. The van der Waals surface area contributed by atoms with Gasteiger partial charge in [-0.3, -0.25) is 4.79 Å². The van der Waals surface area contributed by atoms with E-state index < -0.39 is 24.4 Å². The smallest absolute Gasteiger partial charge is 0.326 e. The summed E-state index contributed by atoms with van der Waals surface area (Å²) in [4.78, 5) is 33.0. The van der Waals surface area contributed by atoms with E-state index in [1.807, 2.05) is 0 Å². The van der Waals surface area contributed by atoms with Crippen molar-refractivity contribution in [2.75, 3.05) is 5.32 Å². The van der Waals surface area contributed by atoms with Gasteiger partial charge in [-0.25, -0.2) is 9.78 Å². The SMILES string of the molecule is Cc1nc(C)nc(NC(CC(=O)O)C(=O)O)n1. The summed E-state index contributed by atoms with van der Waals surface area (Å²) in [7, 11) is 0. The van der Waals surface area contributed by atoms with Crippen molar-refractivity contribution >= 4 is 17.9 Å². The van der Waals surface area contributed by atoms with Crippen LogP contribution in [0.3, 0.4) is 0 Å². The normalized spacial score (nSPS) is 11.9. The molecule has 1 aromatic heterocycles. The standard InChI is InChI=1S/C9H12N4O4/c1-4-10-5(2)12-9(11-4)13-6(8(16)17)3-7(14)15/h6H,3H2,1-2H3,(H,14,15)(H,16,17)(H,10,11,12,13). The molecule has 0 aromatic carbocycles. The molecule has 0 aliphatic rings. The molecule has 3 N–H and O–H groups in total. The zero-order valence-electron chi connectivity index (χ0n) is 9.34. The number of carbonyl (C=O) groups is 2. The highest BCUT2D eigenvalue weighted by Crippen LogP contribution is 2.05. The molecular weight excluding hydrogens is 228 g/mol. The van der Waals surface area contributed by atoms with Crippen molar-refractivity contribution in [3.63, 3.8) is 0 Å². The van der Waals surface area contributed by atoms with Crippen LogP contribution in [0.25, 0.3) is 0 Å². The summed E-state index contributed by atoms with van der Waals surface area (Å²) in [6.07, 6.45) is -0.556. The Bertz CT molecular complexity index is 428. The first-order valence-electron chi connectivity index (χ1n) is 4.79. The van der Waals surface area contributed by atoms with Crippen LogP contribution in [0.5, 0.6) is 0 Å². The first-order valence-corrected chi connectivity index (χ1v) is 4.79. The molecular formula is C9H12N4O4. The first kappa shape index (κ1) is 12.8.